The quantitative estimate of drug-likeness (QED) is 0.358. The summed E-state index contributed by atoms with van der Waals surface area (Å²) >= 11 is 0. The Balaban J connectivity index is 1.39. The molecule has 0 radical (unpaired) electrons. The number of nitrogens with zero attached hydrogens (tertiary/aromatic N) is 1. The van der Waals surface area contributed by atoms with E-state index in [0.717, 1.165) is 19.6 Å². The average Bonchev–Trinajstić information content (AvgIpc) is 2.26. The molecule has 2 fully saturated rings. The van der Waals surface area contributed by atoms with E-state index in [1.807, 2.05) is 0 Å². The summed E-state index contributed by atoms with van der Waals surface area (Å²) in [4.78, 5) is 12.6. The molecule has 1 unspecified atom stereocenters. The summed E-state index contributed by atoms with van der Waals surface area (Å²) in [5, 5.41) is 0. The van der Waals surface area contributed by atoms with Crippen LogP contribution in [0.5, 0.6) is 0 Å². The fraction of sp³-hybridized carbons (Fsp3) is 0.923. The van der Waals surface area contributed by atoms with Crippen LogP contribution in [0.25, 0.3) is 0 Å². The van der Waals surface area contributed by atoms with Crippen molar-refractivity contribution in [2.45, 2.75) is 38.6 Å². The molecule has 2 aliphatic heterocycles. The molecule has 18 heavy (non-hydrogen) atoms. The summed E-state index contributed by atoms with van der Waals surface area (Å²) in [6, 6.07) is 0.356. The fourth-order valence-corrected chi connectivity index (χ4v) is 2.84. The molecule has 2 saturated heterocycles. The Morgan fingerprint density at radius 2 is 2.11 bits per heavy atom. The molecule has 0 aliphatic carbocycles. The monoisotopic (exact) mass is 255 g/mol. The van der Waals surface area contributed by atoms with Gasteiger partial charge in [-0.25, -0.2) is 5.43 Å². The van der Waals surface area contributed by atoms with Crippen LogP contribution in [0.4, 0.5) is 0 Å². The van der Waals surface area contributed by atoms with Crippen LogP contribution in [0.3, 0.4) is 0 Å². The van der Waals surface area contributed by atoms with Gasteiger partial charge in [-0.2, -0.15) is 0 Å². The van der Waals surface area contributed by atoms with Gasteiger partial charge in [0.15, 0.2) is 0 Å². The number of amides is 1. The number of hydrogen-bond acceptors (Lipinski definition) is 4. The van der Waals surface area contributed by atoms with Gasteiger partial charge >= 0.3 is 0 Å². The number of unbranched alkanes of at least 4 members (excludes halogenated alkanes) is 2. The number of carbonyl (C=O) groups is 1. The summed E-state index contributed by atoms with van der Waals surface area (Å²) in [5.41, 5.74) is 5.99. The van der Waals surface area contributed by atoms with Crippen molar-refractivity contribution in [2.24, 2.45) is 5.41 Å². The molecule has 2 aliphatic rings. The maximum absolute atomic E-state index is 10.1. The maximum atomic E-state index is 10.1. The zero-order valence-electron chi connectivity index (χ0n) is 11.3. The first-order valence-electron chi connectivity index (χ1n) is 6.99. The van der Waals surface area contributed by atoms with Crippen molar-refractivity contribution in [1.29, 1.82) is 0 Å². The van der Waals surface area contributed by atoms with Crippen LogP contribution < -0.4 is 10.9 Å². The Hall–Kier alpha value is -0.650. The number of rotatable bonds is 9. The van der Waals surface area contributed by atoms with Crippen LogP contribution in [0.15, 0.2) is 0 Å². The van der Waals surface area contributed by atoms with Crippen LogP contribution in [-0.2, 0) is 9.53 Å². The summed E-state index contributed by atoms with van der Waals surface area (Å²) in [7, 11) is 0. The molecule has 5 heteroatoms. The fourth-order valence-electron chi connectivity index (χ4n) is 2.84. The second kappa shape index (κ2) is 6.50. The van der Waals surface area contributed by atoms with E-state index in [1.54, 1.807) is 0 Å². The van der Waals surface area contributed by atoms with Crippen LogP contribution in [0.1, 0.15) is 32.6 Å². The SMILES string of the molecule is CC(CCCCCN1CC2(COC2)C1)NNC=O. The zero-order chi connectivity index (χ0) is 12.8. The van der Waals surface area contributed by atoms with E-state index in [2.05, 4.69) is 22.7 Å². The van der Waals surface area contributed by atoms with Gasteiger partial charge in [-0.15, -0.1) is 0 Å². The van der Waals surface area contributed by atoms with Crippen LogP contribution in [0, 0.1) is 5.41 Å². The lowest BCUT2D eigenvalue weighted by Crippen LogP contribution is -2.65. The summed E-state index contributed by atoms with van der Waals surface area (Å²) in [5.74, 6) is 0. The Bertz CT molecular complexity index is 261. The van der Waals surface area contributed by atoms with Gasteiger partial charge in [0.2, 0.25) is 6.41 Å². The third-order valence-corrected chi connectivity index (χ3v) is 3.93. The Morgan fingerprint density at radius 3 is 2.72 bits per heavy atom. The third kappa shape index (κ3) is 3.67. The van der Waals surface area contributed by atoms with Gasteiger partial charge in [-0.1, -0.05) is 12.8 Å². The topological polar surface area (TPSA) is 53.6 Å². The number of ether oxygens (including phenoxy) is 1. The number of carbonyl (C=O) groups excluding carboxylic acids is 1. The number of hydrazine groups is 1. The van der Waals surface area contributed by atoms with E-state index in [-0.39, 0.29) is 0 Å². The van der Waals surface area contributed by atoms with E-state index in [0.29, 0.717) is 17.9 Å². The minimum Gasteiger partial charge on any atom is -0.380 e. The standard InChI is InChI=1S/C13H25N3O2/c1-12(15-14-11-17)5-3-2-4-6-16-7-13(8-16)9-18-10-13/h11-12,15H,2-10H2,1H3,(H,14,17). The van der Waals surface area contributed by atoms with Crippen LogP contribution >= 0.6 is 0 Å². The molecule has 0 aromatic rings. The van der Waals surface area contributed by atoms with Gasteiger partial charge in [0, 0.05) is 24.5 Å². The largest absolute Gasteiger partial charge is 0.380 e. The minimum absolute atomic E-state index is 0.356. The summed E-state index contributed by atoms with van der Waals surface area (Å²) in [6.45, 7) is 7.78. The molecule has 2 N–H and O–H groups in total. The summed E-state index contributed by atoms with van der Waals surface area (Å²) in [6.07, 6.45) is 5.56. The third-order valence-electron chi connectivity index (χ3n) is 3.93. The van der Waals surface area contributed by atoms with Crippen LogP contribution in [0.2, 0.25) is 0 Å². The summed E-state index contributed by atoms with van der Waals surface area (Å²) < 4.78 is 5.27. The first-order valence-corrected chi connectivity index (χ1v) is 6.99. The molecule has 2 rings (SSSR count). The van der Waals surface area contributed by atoms with Gasteiger partial charge in [-0.05, 0) is 26.3 Å². The Labute approximate surface area is 109 Å². The van der Waals surface area contributed by atoms with E-state index < -0.39 is 0 Å². The lowest BCUT2D eigenvalue weighted by Gasteiger charge is -2.55. The first kappa shape index (κ1) is 13.8. The van der Waals surface area contributed by atoms with Crippen molar-refractivity contribution >= 4 is 6.41 Å². The highest BCUT2D eigenvalue weighted by atomic mass is 16.5. The van der Waals surface area contributed by atoms with Crippen molar-refractivity contribution in [1.82, 2.24) is 15.8 Å². The highest BCUT2D eigenvalue weighted by Crippen LogP contribution is 2.37. The molecular weight excluding hydrogens is 230 g/mol. The van der Waals surface area contributed by atoms with E-state index in [4.69, 9.17) is 4.74 Å². The minimum atomic E-state index is 0.356. The Morgan fingerprint density at radius 1 is 1.33 bits per heavy atom. The van der Waals surface area contributed by atoms with Gasteiger partial charge in [0.05, 0.1) is 13.2 Å². The number of hydrogen-bond donors (Lipinski definition) is 2. The van der Waals surface area contributed by atoms with E-state index in [1.165, 1.54) is 38.9 Å². The van der Waals surface area contributed by atoms with Crippen LogP contribution in [-0.4, -0.2) is 50.2 Å². The van der Waals surface area contributed by atoms with Gasteiger partial charge < -0.3 is 9.64 Å². The normalized spacial score (nSPS) is 23.2. The predicted octanol–water partition coefficient (Wildman–Crippen LogP) is 0.518. The van der Waals surface area contributed by atoms with Crippen molar-refractivity contribution in [2.75, 3.05) is 32.8 Å². The van der Waals surface area contributed by atoms with E-state index in [9.17, 15) is 4.79 Å². The van der Waals surface area contributed by atoms with Crippen molar-refractivity contribution in [3.63, 3.8) is 0 Å². The molecule has 0 saturated carbocycles. The lowest BCUT2D eigenvalue weighted by atomic mass is 9.78. The smallest absolute Gasteiger partial charge is 0.221 e. The van der Waals surface area contributed by atoms with Gasteiger partial charge in [-0.3, -0.25) is 10.2 Å². The molecule has 5 nitrogen and oxygen atoms in total. The van der Waals surface area contributed by atoms with Crippen molar-refractivity contribution < 1.29 is 9.53 Å². The molecular formula is C13H25N3O2. The molecule has 1 amide bonds. The molecule has 1 atom stereocenters. The molecule has 0 aromatic heterocycles. The second-order valence-electron chi connectivity index (χ2n) is 5.86. The predicted molar refractivity (Wildman–Crippen MR) is 70.0 cm³/mol. The average molecular weight is 255 g/mol. The molecule has 104 valence electrons. The van der Waals surface area contributed by atoms with Gasteiger partial charge in [0.1, 0.15) is 0 Å². The number of nitrogens with one attached hydrogen (secondary N) is 2. The molecule has 0 bridgehead atoms. The van der Waals surface area contributed by atoms with Crippen molar-refractivity contribution in [3.05, 3.63) is 0 Å². The number of likely N-dealkylation sites (tertiary alicyclic amines) is 1. The van der Waals surface area contributed by atoms with E-state index >= 15 is 0 Å². The highest BCUT2D eigenvalue weighted by Gasteiger charge is 2.48. The first-order chi connectivity index (χ1) is 8.74. The highest BCUT2D eigenvalue weighted by molar-refractivity contribution is 5.44. The zero-order valence-corrected chi connectivity index (χ0v) is 11.3. The lowest BCUT2D eigenvalue weighted by molar-refractivity contribution is -0.188. The molecule has 2 heterocycles. The Kier molecular flexibility index (Phi) is 4.97. The van der Waals surface area contributed by atoms with Gasteiger partial charge in [0.25, 0.3) is 0 Å². The van der Waals surface area contributed by atoms with Crippen molar-refractivity contribution in [3.8, 4) is 0 Å². The molecule has 0 aromatic carbocycles. The molecule has 1 spiro atoms. The maximum Gasteiger partial charge on any atom is 0.221 e. The second-order valence-corrected chi connectivity index (χ2v) is 5.86.